The van der Waals surface area contributed by atoms with Crippen molar-refractivity contribution in [1.29, 1.82) is 0 Å². The summed E-state index contributed by atoms with van der Waals surface area (Å²) in [5, 5.41) is 8.52. The molecular weight excluding hydrogens is 622 g/mol. The number of nitrogens with one attached hydrogen (secondary N) is 3. The third-order valence-corrected chi connectivity index (χ3v) is 10.7. The van der Waals surface area contributed by atoms with Crippen molar-refractivity contribution in [3.63, 3.8) is 0 Å². The largest absolute Gasteiger partial charge is 0.466 e. The second-order valence-electron chi connectivity index (χ2n) is 12.9. The van der Waals surface area contributed by atoms with Crippen LogP contribution in [-0.2, 0) is 48.3 Å². The first-order valence-electron chi connectivity index (χ1n) is 15.7. The molecule has 0 spiro atoms. The van der Waals surface area contributed by atoms with E-state index in [-0.39, 0.29) is 30.9 Å². The highest BCUT2D eigenvalue weighted by atomic mass is 32.2. The first-order chi connectivity index (χ1) is 22.2. The third kappa shape index (κ3) is 10.2. The van der Waals surface area contributed by atoms with E-state index in [1.807, 2.05) is 60.7 Å². The lowest BCUT2D eigenvalue weighted by molar-refractivity contribution is -0.124. The van der Waals surface area contributed by atoms with Gasteiger partial charge in [-0.15, -0.1) is 0 Å². The van der Waals surface area contributed by atoms with Crippen LogP contribution in [0.3, 0.4) is 0 Å². The maximum absolute atomic E-state index is 13.9. The minimum atomic E-state index is -3.85. The van der Waals surface area contributed by atoms with E-state index in [1.54, 1.807) is 12.1 Å². The number of sulfone groups is 1. The Morgan fingerprint density at radius 2 is 1.49 bits per heavy atom. The van der Waals surface area contributed by atoms with Gasteiger partial charge in [-0.05, 0) is 55.9 Å². The molecular formula is C35H45N3O8S. The van der Waals surface area contributed by atoms with Crippen LogP contribution in [0.1, 0.15) is 51.0 Å². The van der Waals surface area contributed by atoms with Crippen LogP contribution in [0.2, 0.25) is 0 Å². The number of carbonyl (C=O) groups is 3. The molecule has 0 radical (unpaired) electrons. The highest BCUT2D eigenvalue weighted by molar-refractivity contribution is 7.92. The second kappa shape index (κ2) is 15.6. The molecule has 1 fully saturated rings. The maximum Gasteiger partial charge on any atom is 0.408 e. The number of furan rings is 1. The summed E-state index contributed by atoms with van der Waals surface area (Å²) in [5.74, 6) is -0.299. The molecule has 0 bridgehead atoms. The number of alkyl carbamates (subject to hydrolysis) is 1. The minimum Gasteiger partial charge on any atom is -0.466 e. The molecule has 1 aromatic heterocycles. The Morgan fingerprint density at radius 3 is 2.04 bits per heavy atom. The SMILES string of the molecule is CC(C)C(Cc1ccccc1)NC(=O)C[C@@H]1O[C@@H]1[C@H](Cc1ccccc1)NC(=O)[C@@H](NC(=O)OCc1ccco1)C(C)(C)S(C)(=O)=O. The Bertz CT molecular complexity index is 1580. The van der Waals surface area contributed by atoms with Gasteiger partial charge in [0.25, 0.3) is 0 Å². The van der Waals surface area contributed by atoms with Crippen LogP contribution >= 0.6 is 0 Å². The highest BCUT2D eigenvalue weighted by Crippen LogP contribution is 2.31. The molecule has 2 heterocycles. The first kappa shape index (κ1) is 35.7. The zero-order valence-corrected chi connectivity index (χ0v) is 28.3. The minimum absolute atomic E-state index is 0.0699. The summed E-state index contributed by atoms with van der Waals surface area (Å²) >= 11 is 0. The standard InChI is InChI=1S/C35H45N3O8S/c1-23(2)27(19-24-13-8-6-9-14-24)36-30(39)21-29-31(46-29)28(20-25-15-10-7-11-16-25)37-33(40)32(35(3,4)47(5,42)43)38-34(41)45-22-26-17-12-18-44-26/h6-18,23,27-29,31-32H,19-22H2,1-5H3,(H,36,39)(H,37,40)(H,38,41)/t27?,28-,29-,31+,32+/m0/s1. The Balaban J connectivity index is 1.46. The quantitative estimate of drug-likeness (QED) is 0.194. The lowest BCUT2D eigenvalue weighted by atomic mass is 9.95. The van der Waals surface area contributed by atoms with Crippen molar-refractivity contribution < 1.29 is 36.7 Å². The van der Waals surface area contributed by atoms with Crippen molar-refractivity contribution in [2.24, 2.45) is 5.92 Å². The number of ether oxygens (including phenoxy) is 2. The van der Waals surface area contributed by atoms with Gasteiger partial charge in [0.05, 0.1) is 29.6 Å². The summed E-state index contributed by atoms with van der Waals surface area (Å²) in [5.41, 5.74) is 2.03. The molecule has 254 valence electrons. The fourth-order valence-electron chi connectivity index (χ4n) is 5.29. The molecule has 12 heteroatoms. The molecule has 3 amide bonds. The van der Waals surface area contributed by atoms with Gasteiger partial charge in [0.1, 0.15) is 17.9 Å². The van der Waals surface area contributed by atoms with Crippen molar-refractivity contribution in [3.05, 3.63) is 95.9 Å². The number of hydrogen-bond acceptors (Lipinski definition) is 8. The topological polar surface area (TPSA) is 156 Å². The zero-order valence-electron chi connectivity index (χ0n) is 27.5. The Kier molecular flexibility index (Phi) is 11.9. The van der Waals surface area contributed by atoms with E-state index in [1.165, 1.54) is 20.1 Å². The van der Waals surface area contributed by atoms with Crippen LogP contribution < -0.4 is 16.0 Å². The number of rotatable bonds is 16. The van der Waals surface area contributed by atoms with Crippen LogP contribution in [0, 0.1) is 5.92 Å². The fourth-order valence-corrected chi connectivity index (χ4v) is 5.88. The molecule has 2 aromatic carbocycles. The lowest BCUT2D eigenvalue weighted by Crippen LogP contribution is -2.62. The molecule has 1 saturated heterocycles. The van der Waals surface area contributed by atoms with Crippen molar-refractivity contribution in [2.75, 3.05) is 6.26 Å². The number of hydrogen-bond donors (Lipinski definition) is 3. The third-order valence-electron chi connectivity index (χ3n) is 8.58. The summed E-state index contributed by atoms with van der Waals surface area (Å²) in [6, 6.07) is 20.4. The van der Waals surface area contributed by atoms with Crippen molar-refractivity contribution in [2.45, 2.75) is 88.6 Å². The van der Waals surface area contributed by atoms with E-state index in [2.05, 4.69) is 29.8 Å². The number of amides is 3. The van der Waals surface area contributed by atoms with Gasteiger partial charge in [0.15, 0.2) is 16.4 Å². The maximum atomic E-state index is 13.9. The number of carbonyl (C=O) groups excluding carboxylic acids is 3. The number of benzene rings is 2. The Morgan fingerprint density at radius 1 is 0.872 bits per heavy atom. The van der Waals surface area contributed by atoms with E-state index in [9.17, 15) is 22.8 Å². The van der Waals surface area contributed by atoms with Crippen molar-refractivity contribution in [1.82, 2.24) is 16.0 Å². The smallest absolute Gasteiger partial charge is 0.408 e. The summed E-state index contributed by atoms with van der Waals surface area (Å²) in [4.78, 5) is 39.8. The molecule has 47 heavy (non-hydrogen) atoms. The molecule has 1 aliphatic heterocycles. The Hall–Kier alpha value is -4.16. The molecule has 11 nitrogen and oxygen atoms in total. The molecule has 1 unspecified atom stereocenters. The van der Waals surface area contributed by atoms with Crippen LogP contribution in [0.4, 0.5) is 4.79 Å². The highest BCUT2D eigenvalue weighted by Gasteiger charge is 2.49. The van der Waals surface area contributed by atoms with Crippen molar-refractivity contribution >= 4 is 27.7 Å². The van der Waals surface area contributed by atoms with Gasteiger partial charge in [-0.1, -0.05) is 74.5 Å². The fraction of sp³-hybridized carbons (Fsp3) is 0.457. The van der Waals surface area contributed by atoms with E-state index in [0.717, 1.165) is 17.4 Å². The predicted octanol–water partition coefficient (Wildman–Crippen LogP) is 3.97. The second-order valence-corrected chi connectivity index (χ2v) is 15.5. The van der Waals surface area contributed by atoms with Crippen LogP contribution in [0.25, 0.3) is 0 Å². The van der Waals surface area contributed by atoms with Gasteiger partial charge in [-0.25, -0.2) is 13.2 Å². The van der Waals surface area contributed by atoms with Gasteiger partial charge in [-0.3, -0.25) is 9.59 Å². The molecule has 3 aromatic rings. The van der Waals surface area contributed by atoms with Gasteiger partial charge in [0, 0.05) is 12.3 Å². The molecule has 4 rings (SSSR count). The normalized spacial score (nSPS) is 18.1. The summed E-state index contributed by atoms with van der Waals surface area (Å²) in [7, 11) is -3.85. The zero-order chi connectivity index (χ0) is 34.2. The van der Waals surface area contributed by atoms with Crippen LogP contribution in [0.5, 0.6) is 0 Å². The van der Waals surface area contributed by atoms with Gasteiger partial charge in [0.2, 0.25) is 11.8 Å². The van der Waals surface area contributed by atoms with Gasteiger partial charge in [-0.2, -0.15) is 0 Å². The molecule has 3 N–H and O–H groups in total. The average Bonchev–Trinajstić information content (AvgIpc) is 3.56. The van der Waals surface area contributed by atoms with Crippen molar-refractivity contribution in [3.8, 4) is 0 Å². The molecule has 0 aliphatic carbocycles. The first-order valence-corrected chi connectivity index (χ1v) is 17.6. The summed E-state index contributed by atoms with van der Waals surface area (Å²) < 4.78 is 40.3. The van der Waals surface area contributed by atoms with Crippen LogP contribution in [-0.4, -0.2) is 67.7 Å². The van der Waals surface area contributed by atoms with Gasteiger partial charge >= 0.3 is 6.09 Å². The molecule has 5 atom stereocenters. The summed E-state index contributed by atoms with van der Waals surface area (Å²) in [6.07, 6.45) is 1.63. The number of epoxide rings is 1. The molecule has 0 saturated carbocycles. The Labute approximate surface area is 276 Å². The molecule has 1 aliphatic rings. The van der Waals surface area contributed by atoms with Crippen LogP contribution in [0.15, 0.2) is 83.5 Å². The predicted molar refractivity (Wildman–Crippen MR) is 177 cm³/mol. The van der Waals surface area contributed by atoms with E-state index < -0.39 is 50.9 Å². The monoisotopic (exact) mass is 667 g/mol. The van der Waals surface area contributed by atoms with E-state index >= 15 is 0 Å². The lowest BCUT2D eigenvalue weighted by Gasteiger charge is -2.33. The summed E-state index contributed by atoms with van der Waals surface area (Å²) in [6.45, 7) is 6.65. The van der Waals surface area contributed by atoms with E-state index in [0.29, 0.717) is 18.6 Å². The van der Waals surface area contributed by atoms with E-state index in [4.69, 9.17) is 13.9 Å². The average molecular weight is 668 g/mol. The van der Waals surface area contributed by atoms with Gasteiger partial charge < -0.3 is 29.8 Å².